The average molecular weight is 234 g/mol. The Morgan fingerprint density at radius 1 is 0.778 bits per heavy atom. The molecule has 0 aliphatic heterocycles. The summed E-state index contributed by atoms with van der Waals surface area (Å²) in [7, 11) is 0. The molecule has 1 aliphatic carbocycles. The fourth-order valence-corrected chi connectivity index (χ4v) is 2.97. The van der Waals surface area contributed by atoms with Gasteiger partial charge in [0.2, 0.25) is 0 Å². The second kappa shape index (κ2) is 4.13. The zero-order chi connectivity index (χ0) is 12.7. The second-order valence-electron chi connectivity index (χ2n) is 5.22. The van der Waals surface area contributed by atoms with Crippen molar-refractivity contribution in [2.45, 2.75) is 26.7 Å². The minimum atomic E-state index is 0.432. The lowest BCUT2D eigenvalue weighted by atomic mass is 9.86. The van der Waals surface area contributed by atoms with Gasteiger partial charge in [-0.05, 0) is 54.2 Å². The van der Waals surface area contributed by atoms with Crippen molar-refractivity contribution in [3.8, 4) is 0 Å². The molecule has 0 saturated heterocycles. The van der Waals surface area contributed by atoms with E-state index in [1.54, 1.807) is 0 Å². The minimum Gasteiger partial charge on any atom is -0.0720 e. The van der Waals surface area contributed by atoms with Crippen LogP contribution in [0.2, 0.25) is 0 Å². The van der Waals surface area contributed by atoms with Gasteiger partial charge in [0.1, 0.15) is 0 Å². The Morgan fingerprint density at radius 3 is 2.28 bits per heavy atom. The largest absolute Gasteiger partial charge is 0.0720 e. The third-order valence-corrected chi connectivity index (χ3v) is 4.01. The van der Waals surface area contributed by atoms with Gasteiger partial charge >= 0.3 is 0 Å². The summed E-state index contributed by atoms with van der Waals surface area (Å²) in [6, 6.07) is 13.2. The van der Waals surface area contributed by atoms with Crippen molar-refractivity contribution in [1.82, 2.24) is 0 Å². The molecular formula is C18H18. The summed E-state index contributed by atoms with van der Waals surface area (Å²) in [6.45, 7) is 6.62. The molecule has 1 aliphatic rings. The van der Waals surface area contributed by atoms with Gasteiger partial charge in [0.05, 0.1) is 0 Å². The molecule has 0 heteroatoms. The molecule has 18 heavy (non-hydrogen) atoms. The molecule has 1 atom stereocenters. The van der Waals surface area contributed by atoms with Gasteiger partial charge in [0.25, 0.3) is 0 Å². The number of allylic oxidation sites excluding steroid dienone is 1. The van der Waals surface area contributed by atoms with Crippen LogP contribution in [0.4, 0.5) is 0 Å². The Kier molecular flexibility index (Phi) is 2.59. The van der Waals surface area contributed by atoms with Gasteiger partial charge in [-0.2, -0.15) is 0 Å². The highest BCUT2D eigenvalue weighted by molar-refractivity contribution is 5.70. The van der Waals surface area contributed by atoms with Crippen molar-refractivity contribution >= 4 is 6.08 Å². The summed E-state index contributed by atoms with van der Waals surface area (Å²) in [5, 5.41) is 0. The first-order valence-corrected chi connectivity index (χ1v) is 6.52. The molecule has 0 radical (unpaired) electrons. The zero-order valence-electron chi connectivity index (χ0n) is 11.2. The van der Waals surface area contributed by atoms with E-state index in [0.29, 0.717) is 5.92 Å². The van der Waals surface area contributed by atoms with Crippen LogP contribution < -0.4 is 0 Å². The smallest absolute Gasteiger partial charge is 0.0284 e. The summed E-state index contributed by atoms with van der Waals surface area (Å²) in [6.07, 6.45) is 4.63. The lowest BCUT2D eigenvalue weighted by Gasteiger charge is -2.17. The van der Waals surface area contributed by atoms with Gasteiger partial charge in [0, 0.05) is 5.92 Å². The van der Waals surface area contributed by atoms with Gasteiger partial charge in [-0.15, -0.1) is 0 Å². The van der Waals surface area contributed by atoms with Crippen molar-refractivity contribution in [1.29, 1.82) is 0 Å². The Bertz CT molecular complexity index is 632. The number of benzene rings is 2. The maximum Gasteiger partial charge on any atom is 0.0284 e. The first kappa shape index (κ1) is 11.3. The molecule has 2 aromatic carbocycles. The maximum absolute atomic E-state index is 2.34. The molecule has 1 unspecified atom stereocenters. The molecule has 0 heterocycles. The quantitative estimate of drug-likeness (QED) is 0.666. The van der Waals surface area contributed by atoms with E-state index < -0.39 is 0 Å². The van der Waals surface area contributed by atoms with Crippen LogP contribution in [0.5, 0.6) is 0 Å². The lowest BCUT2D eigenvalue weighted by Crippen LogP contribution is -2.01. The molecule has 0 saturated carbocycles. The predicted octanol–water partition coefficient (Wildman–Crippen LogP) is 4.77. The van der Waals surface area contributed by atoms with Gasteiger partial charge in [-0.25, -0.2) is 0 Å². The topological polar surface area (TPSA) is 0 Å². The van der Waals surface area contributed by atoms with Crippen LogP contribution in [0, 0.1) is 20.8 Å². The van der Waals surface area contributed by atoms with E-state index in [1.165, 1.54) is 33.4 Å². The van der Waals surface area contributed by atoms with Crippen molar-refractivity contribution in [3.05, 3.63) is 75.9 Å². The highest BCUT2D eigenvalue weighted by atomic mass is 14.3. The molecule has 3 rings (SSSR count). The average Bonchev–Trinajstić information content (AvgIpc) is 2.80. The van der Waals surface area contributed by atoms with E-state index in [0.717, 1.165) is 0 Å². The fourth-order valence-electron chi connectivity index (χ4n) is 2.97. The third kappa shape index (κ3) is 1.60. The van der Waals surface area contributed by atoms with Crippen molar-refractivity contribution in [2.75, 3.05) is 0 Å². The summed E-state index contributed by atoms with van der Waals surface area (Å²) >= 11 is 0. The molecular weight excluding hydrogens is 216 g/mol. The van der Waals surface area contributed by atoms with Gasteiger partial charge in [-0.1, -0.05) is 48.6 Å². The summed E-state index contributed by atoms with van der Waals surface area (Å²) in [5.74, 6) is 0.432. The second-order valence-corrected chi connectivity index (χ2v) is 5.22. The summed E-state index contributed by atoms with van der Waals surface area (Å²) in [5.41, 5.74) is 8.49. The van der Waals surface area contributed by atoms with Gasteiger partial charge in [0.15, 0.2) is 0 Å². The van der Waals surface area contributed by atoms with Crippen LogP contribution in [0.3, 0.4) is 0 Å². The van der Waals surface area contributed by atoms with E-state index in [4.69, 9.17) is 0 Å². The van der Waals surface area contributed by atoms with Crippen LogP contribution >= 0.6 is 0 Å². The highest BCUT2D eigenvalue weighted by Crippen LogP contribution is 2.39. The Balaban J connectivity index is 2.19. The number of fused-ring (bicyclic) bond motifs is 1. The molecule has 2 aromatic rings. The number of rotatable bonds is 1. The Hall–Kier alpha value is -1.82. The van der Waals surface area contributed by atoms with E-state index in [2.05, 4.69) is 69.3 Å². The number of hydrogen-bond acceptors (Lipinski definition) is 0. The van der Waals surface area contributed by atoms with Crippen LogP contribution in [0.1, 0.15) is 39.3 Å². The molecule has 0 aromatic heterocycles. The van der Waals surface area contributed by atoms with Crippen LogP contribution in [-0.4, -0.2) is 0 Å². The van der Waals surface area contributed by atoms with E-state index in [1.807, 2.05) is 0 Å². The van der Waals surface area contributed by atoms with Crippen molar-refractivity contribution < 1.29 is 0 Å². The molecule has 0 bridgehead atoms. The number of hydrogen-bond donors (Lipinski definition) is 0. The molecule has 0 amide bonds. The normalized spacial score (nSPS) is 16.9. The lowest BCUT2D eigenvalue weighted by molar-refractivity contribution is 1.01. The van der Waals surface area contributed by atoms with E-state index in [9.17, 15) is 0 Å². The van der Waals surface area contributed by atoms with E-state index in [-0.39, 0.29) is 0 Å². The van der Waals surface area contributed by atoms with Crippen molar-refractivity contribution in [2.24, 2.45) is 0 Å². The van der Waals surface area contributed by atoms with Gasteiger partial charge < -0.3 is 0 Å². The first-order chi connectivity index (χ1) is 8.68. The van der Waals surface area contributed by atoms with Crippen LogP contribution in [0.25, 0.3) is 6.08 Å². The third-order valence-electron chi connectivity index (χ3n) is 4.01. The van der Waals surface area contributed by atoms with Gasteiger partial charge in [-0.3, -0.25) is 0 Å². The Morgan fingerprint density at radius 2 is 1.50 bits per heavy atom. The molecule has 90 valence electrons. The molecule has 0 N–H and O–H groups in total. The maximum atomic E-state index is 2.34. The van der Waals surface area contributed by atoms with Crippen molar-refractivity contribution in [3.63, 3.8) is 0 Å². The SMILES string of the molecule is Cc1ccccc1C1C=Cc2c(C)ccc(C)c21. The first-order valence-electron chi connectivity index (χ1n) is 6.52. The molecule has 0 fully saturated rings. The standard InChI is InChI=1S/C18H18/c1-12-6-4-5-7-15(12)17-11-10-16-13(2)8-9-14(3)18(16)17/h4-11,17H,1-3H3. The molecule has 0 nitrogen and oxygen atoms in total. The summed E-state index contributed by atoms with van der Waals surface area (Å²) in [4.78, 5) is 0. The molecule has 0 spiro atoms. The number of aryl methyl sites for hydroxylation is 3. The highest BCUT2D eigenvalue weighted by Gasteiger charge is 2.23. The minimum absolute atomic E-state index is 0.432. The van der Waals surface area contributed by atoms with E-state index >= 15 is 0 Å². The Labute approximate surface area is 109 Å². The van der Waals surface area contributed by atoms with Crippen LogP contribution in [-0.2, 0) is 0 Å². The monoisotopic (exact) mass is 234 g/mol. The fraction of sp³-hybridized carbons (Fsp3) is 0.222. The van der Waals surface area contributed by atoms with Crippen LogP contribution in [0.15, 0.2) is 42.5 Å². The summed E-state index contributed by atoms with van der Waals surface area (Å²) < 4.78 is 0. The predicted molar refractivity (Wildman–Crippen MR) is 78.0 cm³/mol. The zero-order valence-corrected chi connectivity index (χ0v) is 11.2.